The molecule has 0 unspecified atom stereocenters. The number of nitrogens with two attached hydrogens (primary N) is 1. The third kappa shape index (κ3) is 3.35. The minimum Gasteiger partial charge on any atom is -0.369 e. The van der Waals surface area contributed by atoms with E-state index in [9.17, 15) is 9.59 Å². The third-order valence-corrected chi connectivity index (χ3v) is 3.96. The molecule has 0 saturated heterocycles. The summed E-state index contributed by atoms with van der Waals surface area (Å²) in [5.41, 5.74) is 7.38. The molecule has 0 aromatic heterocycles. The van der Waals surface area contributed by atoms with E-state index in [2.05, 4.69) is 10.2 Å². The average Bonchev–Trinajstić information content (AvgIpc) is 2.47. The summed E-state index contributed by atoms with van der Waals surface area (Å²) in [6, 6.07) is 7.80. The predicted octanol–water partition coefficient (Wildman–Crippen LogP) is 1.38. The molecule has 3 N–H and O–H groups in total. The second-order valence-corrected chi connectivity index (χ2v) is 5.58. The van der Waals surface area contributed by atoms with Gasteiger partial charge in [0.2, 0.25) is 11.8 Å². The van der Waals surface area contributed by atoms with Crippen LogP contribution in [0.5, 0.6) is 0 Å². The van der Waals surface area contributed by atoms with Gasteiger partial charge in [0.15, 0.2) is 0 Å². The second kappa shape index (κ2) is 6.61. The molecule has 0 spiro atoms. The van der Waals surface area contributed by atoms with Crippen molar-refractivity contribution in [2.24, 2.45) is 5.73 Å². The van der Waals surface area contributed by atoms with Crippen LogP contribution in [0.15, 0.2) is 24.3 Å². The van der Waals surface area contributed by atoms with Crippen molar-refractivity contribution in [1.29, 1.82) is 0 Å². The standard InChI is InChI=1S/C16H23N3O2/c1-3-8-18-15(20)10-19-11(2)9-13(16(17)21)12-6-4-5-7-14(12)19/h4-7,11,13H,3,8-10H2,1-2H3,(H2,17,21)(H,18,20)/t11-,13-/m1/s1. The number of nitrogens with zero attached hydrogens (tertiary/aromatic N) is 1. The van der Waals surface area contributed by atoms with E-state index in [1.54, 1.807) is 0 Å². The number of rotatable bonds is 5. The number of carbonyl (C=O) groups is 2. The lowest BCUT2D eigenvalue weighted by Gasteiger charge is -2.39. The number of hydrogen-bond donors (Lipinski definition) is 2. The molecule has 0 radical (unpaired) electrons. The SMILES string of the molecule is CCCNC(=O)CN1c2ccccc2[C@H](C(N)=O)C[C@H]1C. The number of benzene rings is 1. The Bertz CT molecular complexity index is 530. The topological polar surface area (TPSA) is 75.4 Å². The van der Waals surface area contributed by atoms with Crippen molar-refractivity contribution in [2.45, 2.75) is 38.6 Å². The highest BCUT2D eigenvalue weighted by Crippen LogP contribution is 2.37. The summed E-state index contributed by atoms with van der Waals surface area (Å²) in [5, 5.41) is 2.89. The third-order valence-electron chi connectivity index (χ3n) is 3.96. The van der Waals surface area contributed by atoms with Crippen molar-refractivity contribution < 1.29 is 9.59 Å². The number of carbonyl (C=O) groups excluding carboxylic acids is 2. The van der Waals surface area contributed by atoms with E-state index in [1.807, 2.05) is 38.1 Å². The molecular formula is C16H23N3O2. The van der Waals surface area contributed by atoms with Crippen LogP contribution in [-0.4, -0.2) is 30.9 Å². The van der Waals surface area contributed by atoms with Gasteiger partial charge in [0, 0.05) is 18.3 Å². The Kier molecular flexibility index (Phi) is 4.83. The number of hydrogen-bond acceptors (Lipinski definition) is 3. The van der Waals surface area contributed by atoms with Gasteiger partial charge in [-0.2, -0.15) is 0 Å². The molecule has 2 atom stereocenters. The number of primary amides is 1. The minimum absolute atomic E-state index is 0.0102. The van der Waals surface area contributed by atoms with Crippen molar-refractivity contribution in [3.8, 4) is 0 Å². The number of anilines is 1. The lowest BCUT2D eigenvalue weighted by Crippen LogP contribution is -2.46. The minimum atomic E-state index is -0.301. The molecule has 2 amide bonds. The molecule has 21 heavy (non-hydrogen) atoms. The summed E-state index contributed by atoms with van der Waals surface area (Å²) in [7, 11) is 0. The highest BCUT2D eigenvalue weighted by Gasteiger charge is 2.33. The molecule has 114 valence electrons. The Balaban J connectivity index is 2.24. The van der Waals surface area contributed by atoms with Gasteiger partial charge in [0.1, 0.15) is 0 Å². The van der Waals surface area contributed by atoms with Crippen molar-refractivity contribution >= 4 is 17.5 Å². The van der Waals surface area contributed by atoms with E-state index in [1.165, 1.54) is 0 Å². The molecule has 1 aliphatic rings. The van der Waals surface area contributed by atoms with Crippen LogP contribution in [0, 0.1) is 0 Å². The van der Waals surface area contributed by atoms with E-state index in [0.717, 1.165) is 17.7 Å². The zero-order chi connectivity index (χ0) is 15.4. The first-order valence-electron chi connectivity index (χ1n) is 7.46. The molecule has 2 rings (SSSR count). The fraction of sp³-hybridized carbons (Fsp3) is 0.500. The van der Waals surface area contributed by atoms with E-state index >= 15 is 0 Å². The molecule has 0 aliphatic carbocycles. The Morgan fingerprint density at radius 2 is 2.10 bits per heavy atom. The number of nitrogens with one attached hydrogen (secondary N) is 1. The van der Waals surface area contributed by atoms with Crippen LogP contribution < -0.4 is 16.0 Å². The first-order chi connectivity index (χ1) is 10.0. The highest BCUT2D eigenvalue weighted by molar-refractivity contribution is 5.87. The van der Waals surface area contributed by atoms with Crippen LogP contribution in [-0.2, 0) is 9.59 Å². The summed E-state index contributed by atoms with van der Waals surface area (Å²) in [4.78, 5) is 25.7. The van der Waals surface area contributed by atoms with E-state index in [4.69, 9.17) is 5.73 Å². The number of amides is 2. The van der Waals surface area contributed by atoms with Crippen LogP contribution >= 0.6 is 0 Å². The highest BCUT2D eigenvalue weighted by atomic mass is 16.2. The molecular weight excluding hydrogens is 266 g/mol. The van der Waals surface area contributed by atoms with Gasteiger partial charge in [0.25, 0.3) is 0 Å². The second-order valence-electron chi connectivity index (χ2n) is 5.58. The molecule has 1 aromatic rings. The lowest BCUT2D eigenvalue weighted by molar-refractivity contribution is -0.120. The quantitative estimate of drug-likeness (QED) is 0.860. The van der Waals surface area contributed by atoms with Crippen LogP contribution in [0.2, 0.25) is 0 Å². The van der Waals surface area contributed by atoms with Gasteiger partial charge in [-0.05, 0) is 31.4 Å². The van der Waals surface area contributed by atoms with Crippen molar-refractivity contribution in [2.75, 3.05) is 18.0 Å². The van der Waals surface area contributed by atoms with Gasteiger partial charge in [-0.3, -0.25) is 9.59 Å². The van der Waals surface area contributed by atoms with Gasteiger partial charge in [-0.1, -0.05) is 25.1 Å². The van der Waals surface area contributed by atoms with Crippen LogP contribution in [0.1, 0.15) is 38.2 Å². The van der Waals surface area contributed by atoms with Crippen LogP contribution in [0.4, 0.5) is 5.69 Å². The molecule has 5 nitrogen and oxygen atoms in total. The van der Waals surface area contributed by atoms with E-state index in [-0.39, 0.29) is 23.8 Å². The first kappa shape index (κ1) is 15.4. The van der Waals surface area contributed by atoms with Gasteiger partial charge in [0.05, 0.1) is 12.5 Å². The van der Waals surface area contributed by atoms with Crippen molar-refractivity contribution in [1.82, 2.24) is 5.32 Å². The molecule has 0 bridgehead atoms. The monoisotopic (exact) mass is 289 g/mol. The largest absolute Gasteiger partial charge is 0.369 e. The fourth-order valence-corrected chi connectivity index (χ4v) is 2.86. The van der Waals surface area contributed by atoms with Crippen molar-refractivity contribution in [3.05, 3.63) is 29.8 Å². The summed E-state index contributed by atoms with van der Waals surface area (Å²) < 4.78 is 0. The van der Waals surface area contributed by atoms with E-state index in [0.29, 0.717) is 19.5 Å². The fourth-order valence-electron chi connectivity index (χ4n) is 2.86. The molecule has 0 fully saturated rings. The molecule has 1 aromatic carbocycles. The predicted molar refractivity (Wildman–Crippen MR) is 83.1 cm³/mol. The Morgan fingerprint density at radius 3 is 2.76 bits per heavy atom. The molecule has 0 saturated carbocycles. The van der Waals surface area contributed by atoms with Crippen molar-refractivity contribution in [3.63, 3.8) is 0 Å². The summed E-state index contributed by atoms with van der Waals surface area (Å²) in [6.07, 6.45) is 1.56. The van der Waals surface area contributed by atoms with Gasteiger partial charge < -0.3 is 16.0 Å². The zero-order valence-corrected chi connectivity index (χ0v) is 12.6. The summed E-state index contributed by atoms with van der Waals surface area (Å²) in [6.45, 7) is 5.05. The Labute approximate surface area is 125 Å². The van der Waals surface area contributed by atoms with Gasteiger partial charge in [-0.15, -0.1) is 0 Å². The molecule has 1 heterocycles. The average molecular weight is 289 g/mol. The lowest BCUT2D eigenvalue weighted by atomic mass is 9.85. The van der Waals surface area contributed by atoms with Gasteiger partial charge in [-0.25, -0.2) is 0 Å². The summed E-state index contributed by atoms with van der Waals surface area (Å²) >= 11 is 0. The molecule has 5 heteroatoms. The van der Waals surface area contributed by atoms with E-state index < -0.39 is 0 Å². The first-order valence-corrected chi connectivity index (χ1v) is 7.46. The Morgan fingerprint density at radius 1 is 1.38 bits per heavy atom. The maximum absolute atomic E-state index is 12.0. The number of para-hydroxylation sites is 1. The van der Waals surface area contributed by atoms with Gasteiger partial charge >= 0.3 is 0 Å². The normalized spacial score (nSPS) is 20.8. The maximum atomic E-state index is 12.0. The summed E-state index contributed by atoms with van der Waals surface area (Å²) in [5.74, 6) is -0.563. The molecule has 1 aliphatic heterocycles. The smallest absolute Gasteiger partial charge is 0.239 e. The van der Waals surface area contributed by atoms with Crippen LogP contribution in [0.25, 0.3) is 0 Å². The maximum Gasteiger partial charge on any atom is 0.239 e. The Hall–Kier alpha value is -2.04. The zero-order valence-electron chi connectivity index (χ0n) is 12.6. The number of fused-ring (bicyclic) bond motifs is 1. The van der Waals surface area contributed by atoms with Crippen LogP contribution in [0.3, 0.4) is 0 Å².